The molecule has 5 heteroatoms. The van der Waals surface area contributed by atoms with E-state index in [1.54, 1.807) is 12.1 Å². The Balaban J connectivity index is 1.97. The van der Waals surface area contributed by atoms with E-state index in [0.29, 0.717) is 11.3 Å². The molecule has 0 bridgehead atoms. The van der Waals surface area contributed by atoms with E-state index < -0.39 is 11.7 Å². The van der Waals surface area contributed by atoms with Crippen molar-refractivity contribution in [1.82, 2.24) is 0 Å². The van der Waals surface area contributed by atoms with Gasteiger partial charge in [-0.25, -0.2) is 4.39 Å². The van der Waals surface area contributed by atoms with Gasteiger partial charge in [0.1, 0.15) is 0 Å². The van der Waals surface area contributed by atoms with Crippen LogP contribution < -0.4 is 10.1 Å². The van der Waals surface area contributed by atoms with E-state index >= 15 is 0 Å². The minimum absolute atomic E-state index is 0.0981. The fraction of sp³-hybridized carbons (Fsp3) is 0.188. The Kier molecular flexibility index (Phi) is 4.90. The van der Waals surface area contributed by atoms with Crippen molar-refractivity contribution in [3.05, 3.63) is 59.4 Å². The predicted octanol–water partition coefficient (Wildman–Crippen LogP) is 2.64. The lowest BCUT2D eigenvalue weighted by Crippen LogP contribution is -2.20. The first-order valence-electron chi connectivity index (χ1n) is 6.47. The van der Waals surface area contributed by atoms with E-state index in [9.17, 15) is 9.18 Å². The maximum atomic E-state index is 13.6. The molecule has 0 spiro atoms. The summed E-state index contributed by atoms with van der Waals surface area (Å²) in [6.07, 6.45) is 0. The second-order valence-corrected chi connectivity index (χ2v) is 4.59. The Morgan fingerprint density at radius 3 is 2.62 bits per heavy atom. The van der Waals surface area contributed by atoms with E-state index in [1.165, 1.54) is 18.2 Å². The number of amides is 1. The third kappa shape index (κ3) is 4.03. The molecule has 0 atom stereocenters. The number of para-hydroxylation sites is 1. The van der Waals surface area contributed by atoms with Gasteiger partial charge in [-0.2, -0.15) is 0 Å². The molecule has 0 unspecified atom stereocenters. The summed E-state index contributed by atoms with van der Waals surface area (Å²) >= 11 is 0. The van der Waals surface area contributed by atoms with Crippen LogP contribution in [0.25, 0.3) is 0 Å². The fourth-order valence-electron chi connectivity index (χ4n) is 1.81. The number of carbonyl (C=O) groups is 1. The van der Waals surface area contributed by atoms with Crippen molar-refractivity contribution in [2.75, 3.05) is 11.9 Å². The maximum Gasteiger partial charge on any atom is 0.262 e. The minimum Gasteiger partial charge on any atom is -0.480 e. The van der Waals surface area contributed by atoms with Crippen molar-refractivity contribution in [3.8, 4) is 5.75 Å². The highest BCUT2D eigenvalue weighted by atomic mass is 19.1. The summed E-state index contributed by atoms with van der Waals surface area (Å²) in [6.45, 7) is 1.26. The van der Waals surface area contributed by atoms with Crippen LogP contribution in [-0.4, -0.2) is 17.6 Å². The lowest BCUT2D eigenvalue weighted by molar-refractivity contribution is -0.118. The molecule has 2 aromatic carbocycles. The molecule has 21 heavy (non-hydrogen) atoms. The number of carbonyl (C=O) groups excluding carboxylic acids is 1. The lowest BCUT2D eigenvalue weighted by atomic mass is 10.2. The van der Waals surface area contributed by atoms with Crippen LogP contribution in [-0.2, 0) is 11.4 Å². The van der Waals surface area contributed by atoms with Crippen LogP contribution in [0.15, 0.2) is 42.5 Å². The largest absolute Gasteiger partial charge is 0.480 e. The third-order valence-corrected chi connectivity index (χ3v) is 2.90. The van der Waals surface area contributed by atoms with Gasteiger partial charge in [-0.3, -0.25) is 4.79 Å². The standard InChI is InChI=1S/C16H16FNO3/c1-11-5-7-13(8-6-11)18-15(20)10-21-16-12(9-19)3-2-4-14(16)17/h2-8,19H,9-10H2,1H3,(H,18,20). The molecule has 110 valence electrons. The van der Waals surface area contributed by atoms with Crippen molar-refractivity contribution in [2.24, 2.45) is 0 Å². The number of hydrogen-bond acceptors (Lipinski definition) is 3. The smallest absolute Gasteiger partial charge is 0.262 e. The highest BCUT2D eigenvalue weighted by Crippen LogP contribution is 2.22. The Hall–Kier alpha value is -2.40. The van der Waals surface area contributed by atoms with Crippen molar-refractivity contribution < 1.29 is 19.0 Å². The van der Waals surface area contributed by atoms with Gasteiger partial charge in [-0.05, 0) is 25.1 Å². The van der Waals surface area contributed by atoms with Gasteiger partial charge >= 0.3 is 0 Å². The number of benzene rings is 2. The first-order valence-corrected chi connectivity index (χ1v) is 6.47. The van der Waals surface area contributed by atoms with E-state index in [1.807, 2.05) is 19.1 Å². The van der Waals surface area contributed by atoms with Crippen LogP contribution >= 0.6 is 0 Å². The molecule has 0 fully saturated rings. The first kappa shape index (κ1) is 15.0. The summed E-state index contributed by atoms with van der Waals surface area (Å²) in [4.78, 5) is 11.8. The van der Waals surface area contributed by atoms with Crippen LogP contribution in [0.3, 0.4) is 0 Å². The van der Waals surface area contributed by atoms with Crippen LogP contribution in [0.1, 0.15) is 11.1 Å². The van der Waals surface area contributed by atoms with Crippen LogP contribution in [0.4, 0.5) is 10.1 Å². The Morgan fingerprint density at radius 2 is 1.95 bits per heavy atom. The van der Waals surface area contributed by atoms with Crippen LogP contribution in [0, 0.1) is 12.7 Å². The zero-order valence-electron chi connectivity index (χ0n) is 11.6. The summed E-state index contributed by atoms with van der Waals surface area (Å²) in [5.41, 5.74) is 2.03. The van der Waals surface area contributed by atoms with E-state index in [4.69, 9.17) is 9.84 Å². The molecule has 0 aliphatic rings. The van der Waals surface area contributed by atoms with Crippen LogP contribution in [0.2, 0.25) is 0 Å². The Bertz CT molecular complexity index is 626. The number of aliphatic hydroxyl groups is 1. The van der Waals surface area contributed by atoms with Gasteiger partial charge in [0, 0.05) is 11.3 Å². The van der Waals surface area contributed by atoms with Gasteiger partial charge in [0.05, 0.1) is 6.61 Å². The zero-order valence-corrected chi connectivity index (χ0v) is 11.6. The molecule has 0 saturated carbocycles. The van der Waals surface area contributed by atoms with Gasteiger partial charge < -0.3 is 15.2 Å². The third-order valence-electron chi connectivity index (χ3n) is 2.90. The Morgan fingerprint density at radius 1 is 1.24 bits per heavy atom. The summed E-state index contributed by atoms with van der Waals surface area (Å²) in [6, 6.07) is 11.5. The molecule has 0 aliphatic carbocycles. The molecule has 2 N–H and O–H groups in total. The normalized spacial score (nSPS) is 10.2. The molecule has 4 nitrogen and oxygen atoms in total. The van der Waals surface area contributed by atoms with Crippen molar-refractivity contribution in [1.29, 1.82) is 0 Å². The minimum atomic E-state index is -0.607. The van der Waals surface area contributed by atoms with E-state index in [2.05, 4.69) is 5.32 Å². The lowest BCUT2D eigenvalue weighted by Gasteiger charge is -2.11. The molecular weight excluding hydrogens is 273 g/mol. The molecular formula is C16H16FNO3. The number of anilines is 1. The van der Waals surface area contributed by atoms with E-state index in [0.717, 1.165) is 5.56 Å². The molecule has 0 aliphatic heterocycles. The van der Waals surface area contributed by atoms with Gasteiger partial charge in [-0.1, -0.05) is 29.8 Å². The average Bonchev–Trinajstić information content (AvgIpc) is 2.48. The van der Waals surface area contributed by atoms with Gasteiger partial charge in [-0.15, -0.1) is 0 Å². The van der Waals surface area contributed by atoms with Gasteiger partial charge in [0.15, 0.2) is 18.2 Å². The highest BCUT2D eigenvalue weighted by Gasteiger charge is 2.11. The van der Waals surface area contributed by atoms with Gasteiger partial charge in [0.25, 0.3) is 5.91 Å². The predicted molar refractivity (Wildman–Crippen MR) is 77.6 cm³/mol. The summed E-state index contributed by atoms with van der Waals surface area (Å²) < 4.78 is 18.8. The number of halogens is 1. The highest BCUT2D eigenvalue weighted by molar-refractivity contribution is 5.91. The maximum absolute atomic E-state index is 13.6. The second-order valence-electron chi connectivity index (χ2n) is 4.59. The molecule has 0 aromatic heterocycles. The summed E-state index contributed by atoms with van der Waals surface area (Å²) in [5.74, 6) is -1.10. The first-order chi connectivity index (χ1) is 10.1. The van der Waals surface area contributed by atoms with Gasteiger partial charge in [0.2, 0.25) is 0 Å². The molecule has 1 amide bonds. The molecule has 2 rings (SSSR count). The number of aliphatic hydroxyl groups excluding tert-OH is 1. The molecule has 0 saturated heterocycles. The number of nitrogens with one attached hydrogen (secondary N) is 1. The number of hydrogen-bond donors (Lipinski definition) is 2. The molecule has 0 radical (unpaired) electrons. The van der Waals surface area contributed by atoms with E-state index in [-0.39, 0.29) is 19.0 Å². The monoisotopic (exact) mass is 289 g/mol. The SMILES string of the molecule is Cc1ccc(NC(=O)COc2c(F)cccc2CO)cc1. The van der Waals surface area contributed by atoms with Crippen molar-refractivity contribution in [2.45, 2.75) is 13.5 Å². The fourth-order valence-corrected chi connectivity index (χ4v) is 1.81. The van der Waals surface area contributed by atoms with Crippen molar-refractivity contribution >= 4 is 11.6 Å². The average molecular weight is 289 g/mol. The molecule has 2 aromatic rings. The van der Waals surface area contributed by atoms with Crippen LogP contribution in [0.5, 0.6) is 5.75 Å². The Labute approximate surface area is 122 Å². The zero-order chi connectivity index (χ0) is 15.2. The quantitative estimate of drug-likeness (QED) is 0.889. The second kappa shape index (κ2) is 6.85. The number of rotatable bonds is 5. The number of ether oxygens (including phenoxy) is 1. The molecule has 0 heterocycles. The topological polar surface area (TPSA) is 58.6 Å². The van der Waals surface area contributed by atoms with Crippen molar-refractivity contribution in [3.63, 3.8) is 0 Å². The number of aryl methyl sites for hydroxylation is 1. The summed E-state index contributed by atoms with van der Waals surface area (Å²) in [7, 11) is 0. The summed E-state index contributed by atoms with van der Waals surface area (Å²) in [5, 5.41) is 11.8.